The number of hydrogen-bond donors (Lipinski definition) is 1. The Kier molecular flexibility index (Phi) is 5.28. The highest BCUT2D eigenvalue weighted by molar-refractivity contribution is 5.93. The molecule has 0 spiro atoms. The first kappa shape index (κ1) is 17.0. The van der Waals surface area contributed by atoms with Gasteiger partial charge in [-0.2, -0.15) is 0 Å². The molecule has 2 heterocycles. The van der Waals surface area contributed by atoms with Crippen molar-refractivity contribution in [1.29, 1.82) is 0 Å². The quantitative estimate of drug-likeness (QED) is 0.866. The first-order valence-electron chi connectivity index (χ1n) is 8.38. The van der Waals surface area contributed by atoms with Gasteiger partial charge in [-0.25, -0.2) is 4.79 Å². The monoisotopic (exact) mass is 339 g/mol. The minimum absolute atomic E-state index is 0.0237. The van der Waals surface area contributed by atoms with E-state index in [1.54, 1.807) is 42.6 Å². The SMILES string of the molecule is COC(=O)c1ccc(Nc2ccnc(C(=O)N3CCCCC3)c2)cc1. The Morgan fingerprint density at radius 1 is 1.04 bits per heavy atom. The van der Waals surface area contributed by atoms with Crippen molar-refractivity contribution in [2.75, 3.05) is 25.5 Å². The van der Waals surface area contributed by atoms with E-state index >= 15 is 0 Å². The molecule has 0 radical (unpaired) electrons. The number of carbonyl (C=O) groups is 2. The van der Waals surface area contributed by atoms with Crippen molar-refractivity contribution in [1.82, 2.24) is 9.88 Å². The summed E-state index contributed by atoms with van der Waals surface area (Å²) in [6.07, 6.45) is 4.91. The van der Waals surface area contributed by atoms with E-state index in [4.69, 9.17) is 0 Å². The number of piperidine rings is 1. The molecule has 130 valence electrons. The lowest BCUT2D eigenvalue weighted by atomic mass is 10.1. The van der Waals surface area contributed by atoms with Gasteiger partial charge in [0.1, 0.15) is 5.69 Å². The molecule has 1 amide bonds. The summed E-state index contributed by atoms with van der Waals surface area (Å²) < 4.78 is 4.68. The van der Waals surface area contributed by atoms with Gasteiger partial charge in [-0.05, 0) is 55.7 Å². The first-order chi connectivity index (χ1) is 12.2. The minimum Gasteiger partial charge on any atom is -0.465 e. The topological polar surface area (TPSA) is 71.5 Å². The summed E-state index contributed by atoms with van der Waals surface area (Å²) in [5.41, 5.74) is 2.53. The molecule has 1 aliphatic rings. The van der Waals surface area contributed by atoms with Gasteiger partial charge in [0, 0.05) is 30.7 Å². The van der Waals surface area contributed by atoms with Crippen molar-refractivity contribution in [2.45, 2.75) is 19.3 Å². The number of nitrogens with one attached hydrogen (secondary N) is 1. The Bertz CT molecular complexity index is 753. The summed E-state index contributed by atoms with van der Waals surface area (Å²) in [7, 11) is 1.35. The number of nitrogens with zero attached hydrogens (tertiary/aromatic N) is 2. The molecule has 3 rings (SSSR count). The molecule has 1 fully saturated rings. The number of amides is 1. The summed E-state index contributed by atoms with van der Waals surface area (Å²) in [6.45, 7) is 1.60. The van der Waals surface area contributed by atoms with Gasteiger partial charge >= 0.3 is 5.97 Å². The highest BCUT2D eigenvalue weighted by atomic mass is 16.5. The fraction of sp³-hybridized carbons (Fsp3) is 0.316. The second-order valence-corrected chi connectivity index (χ2v) is 5.98. The lowest BCUT2D eigenvalue weighted by molar-refractivity contribution is 0.0600. The van der Waals surface area contributed by atoms with Crippen molar-refractivity contribution < 1.29 is 14.3 Å². The van der Waals surface area contributed by atoms with Crippen LogP contribution in [-0.4, -0.2) is 42.0 Å². The molecule has 0 unspecified atom stereocenters. The zero-order valence-corrected chi connectivity index (χ0v) is 14.2. The summed E-state index contributed by atoms with van der Waals surface area (Å²) in [4.78, 5) is 30.1. The van der Waals surface area contributed by atoms with Gasteiger partial charge in [-0.3, -0.25) is 9.78 Å². The van der Waals surface area contributed by atoms with Crippen LogP contribution in [0.3, 0.4) is 0 Å². The van der Waals surface area contributed by atoms with Crippen LogP contribution < -0.4 is 5.32 Å². The predicted octanol–water partition coefficient (Wildman–Crippen LogP) is 3.24. The van der Waals surface area contributed by atoms with E-state index in [9.17, 15) is 9.59 Å². The highest BCUT2D eigenvalue weighted by Gasteiger charge is 2.19. The van der Waals surface area contributed by atoms with Gasteiger partial charge in [0.25, 0.3) is 5.91 Å². The molecule has 2 aromatic rings. The van der Waals surface area contributed by atoms with E-state index in [0.29, 0.717) is 11.3 Å². The number of methoxy groups -OCH3 is 1. The number of ether oxygens (including phenoxy) is 1. The Morgan fingerprint density at radius 3 is 2.44 bits per heavy atom. The number of esters is 1. The van der Waals surface area contributed by atoms with E-state index in [0.717, 1.165) is 37.3 Å². The number of anilines is 2. The van der Waals surface area contributed by atoms with Crippen LogP contribution >= 0.6 is 0 Å². The van der Waals surface area contributed by atoms with E-state index in [-0.39, 0.29) is 11.9 Å². The molecule has 0 bridgehead atoms. The molecule has 1 aliphatic heterocycles. The van der Waals surface area contributed by atoms with E-state index in [1.807, 2.05) is 4.90 Å². The molecule has 25 heavy (non-hydrogen) atoms. The van der Waals surface area contributed by atoms with E-state index in [1.165, 1.54) is 13.5 Å². The highest BCUT2D eigenvalue weighted by Crippen LogP contribution is 2.19. The fourth-order valence-electron chi connectivity index (χ4n) is 2.86. The van der Waals surface area contributed by atoms with Crippen LogP contribution in [0.4, 0.5) is 11.4 Å². The van der Waals surface area contributed by atoms with Crippen molar-refractivity contribution in [2.24, 2.45) is 0 Å². The normalized spacial score (nSPS) is 14.0. The number of benzene rings is 1. The Morgan fingerprint density at radius 2 is 1.76 bits per heavy atom. The Hall–Kier alpha value is -2.89. The van der Waals surface area contributed by atoms with Crippen LogP contribution in [0.15, 0.2) is 42.6 Å². The van der Waals surface area contributed by atoms with Gasteiger partial charge in [0.15, 0.2) is 0 Å². The lowest BCUT2D eigenvalue weighted by Crippen LogP contribution is -2.36. The van der Waals surface area contributed by atoms with Crippen LogP contribution in [0.25, 0.3) is 0 Å². The maximum atomic E-state index is 12.5. The van der Waals surface area contributed by atoms with Crippen LogP contribution in [0.2, 0.25) is 0 Å². The molecule has 1 N–H and O–H groups in total. The number of pyridine rings is 1. The Labute approximate surface area is 146 Å². The predicted molar refractivity (Wildman–Crippen MR) is 95.1 cm³/mol. The summed E-state index contributed by atoms with van der Waals surface area (Å²) in [6, 6.07) is 10.5. The number of hydrogen-bond acceptors (Lipinski definition) is 5. The maximum Gasteiger partial charge on any atom is 0.337 e. The zero-order chi connectivity index (χ0) is 17.6. The second kappa shape index (κ2) is 7.79. The van der Waals surface area contributed by atoms with Gasteiger partial charge in [-0.1, -0.05) is 0 Å². The molecule has 1 saturated heterocycles. The molecule has 0 aliphatic carbocycles. The van der Waals surface area contributed by atoms with Crippen molar-refractivity contribution in [3.8, 4) is 0 Å². The van der Waals surface area contributed by atoms with Crippen molar-refractivity contribution >= 4 is 23.3 Å². The van der Waals surface area contributed by atoms with Gasteiger partial charge in [0.05, 0.1) is 12.7 Å². The third-order valence-electron chi connectivity index (χ3n) is 4.22. The molecular weight excluding hydrogens is 318 g/mol. The number of aromatic nitrogens is 1. The average Bonchev–Trinajstić information content (AvgIpc) is 2.68. The standard InChI is InChI=1S/C19H21N3O3/c1-25-19(24)14-5-7-15(8-6-14)21-16-9-10-20-17(13-16)18(23)22-11-3-2-4-12-22/h5-10,13H,2-4,11-12H2,1H3,(H,20,21). The summed E-state index contributed by atoms with van der Waals surface area (Å²) >= 11 is 0. The molecule has 0 saturated carbocycles. The summed E-state index contributed by atoms with van der Waals surface area (Å²) in [5.74, 6) is -0.394. The smallest absolute Gasteiger partial charge is 0.337 e. The van der Waals surface area contributed by atoms with Crippen LogP contribution in [0.1, 0.15) is 40.1 Å². The van der Waals surface area contributed by atoms with Crippen LogP contribution in [0, 0.1) is 0 Å². The maximum absolute atomic E-state index is 12.5. The van der Waals surface area contributed by atoms with Gasteiger partial charge in [-0.15, -0.1) is 0 Å². The van der Waals surface area contributed by atoms with Gasteiger partial charge < -0.3 is 15.0 Å². The van der Waals surface area contributed by atoms with E-state index < -0.39 is 0 Å². The van der Waals surface area contributed by atoms with Crippen LogP contribution in [0.5, 0.6) is 0 Å². The molecule has 0 atom stereocenters. The molecule has 6 nitrogen and oxygen atoms in total. The summed E-state index contributed by atoms with van der Waals surface area (Å²) in [5, 5.41) is 3.22. The van der Waals surface area contributed by atoms with E-state index in [2.05, 4.69) is 15.0 Å². The van der Waals surface area contributed by atoms with Crippen LogP contribution in [-0.2, 0) is 4.74 Å². The fourth-order valence-corrected chi connectivity index (χ4v) is 2.86. The lowest BCUT2D eigenvalue weighted by Gasteiger charge is -2.26. The third-order valence-corrected chi connectivity index (χ3v) is 4.22. The number of rotatable bonds is 4. The third kappa shape index (κ3) is 4.15. The zero-order valence-electron chi connectivity index (χ0n) is 14.2. The number of carbonyl (C=O) groups excluding carboxylic acids is 2. The van der Waals surface area contributed by atoms with Crippen molar-refractivity contribution in [3.63, 3.8) is 0 Å². The van der Waals surface area contributed by atoms with Gasteiger partial charge in [0.2, 0.25) is 0 Å². The number of likely N-dealkylation sites (tertiary alicyclic amines) is 1. The first-order valence-corrected chi connectivity index (χ1v) is 8.38. The minimum atomic E-state index is -0.370. The van der Waals surface area contributed by atoms with Crippen molar-refractivity contribution in [3.05, 3.63) is 53.9 Å². The molecule has 1 aromatic heterocycles. The largest absolute Gasteiger partial charge is 0.465 e. The Balaban J connectivity index is 1.71. The average molecular weight is 339 g/mol. The molecule has 1 aromatic carbocycles. The second-order valence-electron chi connectivity index (χ2n) is 5.98. The molecule has 6 heteroatoms. The molecular formula is C19H21N3O3.